The Morgan fingerprint density at radius 3 is 2.43 bits per heavy atom. The first-order valence-corrected chi connectivity index (χ1v) is 20.3. The van der Waals surface area contributed by atoms with Crippen molar-refractivity contribution in [1.29, 1.82) is 0 Å². The smallest absolute Gasteiger partial charge is 0.273 e. The Morgan fingerprint density at radius 2 is 1.54 bits per heavy atom. The quantitative estimate of drug-likeness (QED) is 0.0400. The van der Waals surface area contributed by atoms with E-state index < -0.39 is 4.92 Å². The number of carbonyl (C=O) groups is 3. The first-order valence-electron chi connectivity index (χ1n) is 20.3. The molecule has 12 heteroatoms. The third kappa shape index (κ3) is 9.03. The minimum atomic E-state index is -0.483. The van der Waals surface area contributed by atoms with Crippen LogP contribution in [0.4, 0.5) is 5.69 Å². The Morgan fingerprint density at radius 1 is 0.754 bits per heavy atom. The summed E-state index contributed by atoms with van der Waals surface area (Å²) in [4.78, 5) is 55.0. The third-order valence-electron chi connectivity index (χ3n) is 10.6. The lowest BCUT2D eigenvalue weighted by molar-refractivity contribution is -0.384. The fourth-order valence-corrected chi connectivity index (χ4v) is 7.63. The van der Waals surface area contributed by atoms with Gasteiger partial charge in [-0.05, 0) is 85.9 Å². The lowest BCUT2D eigenvalue weighted by atomic mass is 9.85. The number of non-ortho nitro benzene ring substituents is 1. The average Bonchev–Trinajstić information content (AvgIpc) is 3.27. The van der Waals surface area contributed by atoms with Crippen LogP contribution in [0.3, 0.4) is 0 Å². The highest BCUT2D eigenvalue weighted by Crippen LogP contribution is 2.44. The van der Waals surface area contributed by atoms with E-state index >= 15 is 0 Å². The molecule has 0 atom stereocenters. The molecule has 1 aliphatic heterocycles. The van der Waals surface area contributed by atoms with Gasteiger partial charge in [0.05, 0.1) is 27.6 Å². The summed E-state index contributed by atoms with van der Waals surface area (Å²) in [6.07, 6.45) is 9.45. The number of nitrogens with one attached hydrogen (secondary N) is 3. The molecule has 0 saturated heterocycles. The van der Waals surface area contributed by atoms with E-state index in [1.807, 2.05) is 73.7 Å². The number of pyridine rings is 1. The first-order chi connectivity index (χ1) is 29.7. The van der Waals surface area contributed by atoms with E-state index in [0.717, 1.165) is 52.2 Å². The van der Waals surface area contributed by atoms with Gasteiger partial charge in [0.25, 0.3) is 17.5 Å². The van der Waals surface area contributed by atoms with Crippen LogP contribution in [0.2, 0.25) is 0 Å². The molecule has 0 radical (unpaired) electrons. The number of benzene rings is 5. The molecule has 5 aromatic carbocycles. The molecular weight excluding hydrogens is 771 g/mol. The van der Waals surface area contributed by atoms with Gasteiger partial charge in [0, 0.05) is 71.2 Å². The Bertz CT molecular complexity index is 2810. The Labute approximate surface area is 352 Å². The second-order valence-electron chi connectivity index (χ2n) is 14.8. The van der Waals surface area contributed by atoms with E-state index in [-0.39, 0.29) is 30.0 Å². The van der Waals surface area contributed by atoms with Crippen molar-refractivity contribution in [3.8, 4) is 17.2 Å². The van der Waals surface area contributed by atoms with E-state index in [4.69, 9.17) is 14.5 Å². The number of nitrogens with zero attached hydrogens (tertiary/aromatic N) is 2. The minimum absolute atomic E-state index is 0.0819. The SMILES string of the molecule is Cc1ccc(C(=O)NCCNC(=O)CCCCCNC(=O)c2c3ccccc3nc3cc(Oc4cccc([N+](=O)[O-])c4)ccc23)cc1C1=C2C=CCC=C2Oc2ccccc21. The normalized spacial score (nSPS) is 12.8. The van der Waals surface area contributed by atoms with Crippen LogP contribution in [0.5, 0.6) is 17.2 Å². The zero-order valence-electron chi connectivity index (χ0n) is 33.5. The van der Waals surface area contributed by atoms with Crippen molar-refractivity contribution in [2.24, 2.45) is 0 Å². The van der Waals surface area contributed by atoms with Gasteiger partial charge in [-0.2, -0.15) is 0 Å². The van der Waals surface area contributed by atoms with E-state index in [9.17, 15) is 24.5 Å². The first kappa shape index (κ1) is 40.2. The molecule has 61 heavy (non-hydrogen) atoms. The molecule has 2 heterocycles. The van der Waals surface area contributed by atoms with Crippen LogP contribution in [0.1, 0.15) is 69.5 Å². The number of unbranched alkanes of at least 4 members (excludes halogenated alkanes) is 2. The third-order valence-corrected chi connectivity index (χ3v) is 10.6. The Balaban J connectivity index is 0.798. The second-order valence-corrected chi connectivity index (χ2v) is 14.8. The number of allylic oxidation sites excluding steroid dienone is 3. The molecule has 12 nitrogen and oxygen atoms in total. The summed E-state index contributed by atoms with van der Waals surface area (Å²) in [5.41, 5.74) is 7.16. The number of rotatable bonds is 15. The second kappa shape index (κ2) is 18.1. The number of fused-ring (bicyclic) bond motifs is 4. The van der Waals surface area contributed by atoms with Crippen LogP contribution in [-0.4, -0.2) is 47.3 Å². The predicted octanol–water partition coefficient (Wildman–Crippen LogP) is 9.27. The van der Waals surface area contributed by atoms with E-state index in [1.165, 1.54) is 12.1 Å². The van der Waals surface area contributed by atoms with Crippen molar-refractivity contribution in [3.05, 3.63) is 177 Å². The highest BCUT2D eigenvalue weighted by molar-refractivity contribution is 6.16. The van der Waals surface area contributed by atoms with E-state index in [1.54, 1.807) is 30.3 Å². The van der Waals surface area contributed by atoms with Crippen LogP contribution in [-0.2, 0) is 4.79 Å². The molecule has 6 aromatic rings. The van der Waals surface area contributed by atoms with Crippen LogP contribution in [0.25, 0.3) is 27.4 Å². The van der Waals surface area contributed by atoms with Crippen molar-refractivity contribution in [2.75, 3.05) is 19.6 Å². The summed E-state index contributed by atoms with van der Waals surface area (Å²) in [5, 5.41) is 21.4. The van der Waals surface area contributed by atoms with Crippen LogP contribution >= 0.6 is 0 Å². The summed E-state index contributed by atoms with van der Waals surface area (Å²) in [5.74, 6) is 1.79. The van der Waals surface area contributed by atoms with Gasteiger partial charge in [-0.1, -0.05) is 67.1 Å². The van der Waals surface area contributed by atoms with Gasteiger partial charge in [0.2, 0.25) is 5.91 Å². The van der Waals surface area contributed by atoms with Gasteiger partial charge in [0.15, 0.2) is 0 Å². The predicted molar refractivity (Wildman–Crippen MR) is 235 cm³/mol. The van der Waals surface area contributed by atoms with Crippen molar-refractivity contribution in [1.82, 2.24) is 20.9 Å². The van der Waals surface area contributed by atoms with Crippen molar-refractivity contribution in [2.45, 2.75) is 39.0 Å². The van der Waals surface area contributed by atoms with Gasteiger partial charge in [-0.3, -0.25) is 24.5 Å². The maximum Gasteiger partial charge on any atom is 0.273 e. The molecule has 2 aliphatic rings. The topological polar surface area (TPSA) is 162 Å². The molecule has 1 aliphatic carbocycles. The summed E-state index contributed by atoms with van der Waals surface area (Å²) in [6, 6.07) is 32.2. The molecular formula is C49H43N5O7. The highest BCUT2D eigenvalue weighted by Gasteiger charge is 2.26. The largest absolute Gasteiger partial charge is 0.457 e. The maximum atomic E-state index is 13.6. The number of aryl methyl sites for hydroxylation is 1. The molecule has 0 spiro atoms. The summed E-state index contributed by atoms with van der Waals surface area (Å²) in [7, 11) is 0. The molecule has 0 bridgehead atoms. The number of hydrogen-bond donors (Lipinski definition) is 3. The van der Waals surface area contributed by atoms with Gasteiger partial charge >= 0.3 is 0 Å². The number of nitro benzene ring substituents is 1. The number of amides is 3. The molecule has 3 N–H and O–H groups in total. The molecule has 0 unspecified atom stereocenters. The Kier molecular flexibility index (Phi) is 11.9. The summed E-state index contributed by atoms with van der Waals surface area (Å²) in [6.45, 7) is 3.04. The molecule has 0 saturated carbocycles. The molecule has 3 amide bonds. The van der Waals surface area contributed by atoms with Crippen LogP contribution < -0.4 is 25.4 Å². The minimum Gasteiger partial charge on any atom is -0.457 e. The summed E-state index contributed by atoms with van der Waals surface area (Å²) < 4.78 is 12.1. The van der Waals surface area contributed by atoms with Gasteiger partial charge in [-0.15, -0.1) is 0 Å². The van der Waals surface area contributed by atoms with Crippen molar-refractivity contribution < 1.29 is 28.8 Å². The van der Waals surface area contributed by atoms with Gasteiger partial charge < -0.3 is 25.4 Å². The number of hydrogen-bond acceptors (Lipinski definition) is 8. The van der Waals surface area contributed by atoms with E-state index in [0.29, 0.717) is 76.8 Å². The lowest BCUT2D eigenvalue weighted by Crippen LogP contribution is -2.34. The van der Waals surface area contributed by atoms with E-state index in [2.05, 4.69) is 34.2 Å². The zero-order valence-corrected chi connectivity index (χ0v) is 33.5. The molecule has 8 rings (SSSR count). The number of ether oxygens (including phenoxy) is 2. The number of nitro groups is 1. The number of para-hydroxylation sites is 2. The van der Waals surface area contributed by atoms with Crippen molar-refractivity contribution in [3.63, 3.8) is 0 Å². The number of aromatic nitrogens is 1. The molecule has 306 valence electrons. The maximum absolute atomic E-state index is 13.6. The molecule has 1 aromatic heterocycles. The fraction of sp³-hybridized carbons (Fsp3) is 0.184. The van der Waals surface area contributed by atoms with Gasteiger partial charge in [-0.25, -0.2) is 4.98 Å². The lowest BCUT2D eigenvalue weighted by Gasteiger charge is -2.27. The standard InChI is InChI=1S/C49H43N5O7/c1-31-21-22-32(28-40(31)46-38-15-5-8-18-43(38)61-44-19-9-6-16-39(44)46)48(56)52-27-26-50-45(55)20-3-2-10-25-51-49(57)47-36-14-4-7-17-41(36)53-42-30-35(23-24-37(42)47)60-34-13-11-12-33(29-34)54(58)59/h4-8,11-19,21-24,28-30H,2-3,9-10,20,25-27H2,1H3,(H,50,55)(H,51,57)(H,52,56). The average molecular weight is 814 g/mol. The van der Waals surface area contributed by atoms with Gasteiger partial charge in [0.1, 0.15) is 23.0 Å². The monoisotopic (exact) mass is 813 g/mol. The fourth-order valence-electron chi connectivity index (χ4n) is 7.63. The highest BCUT2D eigenvalue weighted by atomic mass is 16.6. The molecule has 0 fully saturated rings. The van der Waals surface area contributed by atoms with Crippen LogP contribution in [0, 0.1) is 17.0 Å². The Hall–Kier alpha value is -7.60. The number of carbonyl (C=O) groups excluding carboxylic acids is 3. The van der Waals surface area contributed by atoms with Crippen molar-refractivity contribution >= 4 is 50.8 Å². The zero-order chi connectivity index (χ0) is 42.3. The summed E-state index contributed by atoms with van der Waals surface area (Å²) >= 11 is 0. The van der Waals surface area contributed by atoms with Crippen LogP contribution in [0.15, 0.2) is 139 Å².